The minimum absolute atomic E-state index is 0.825. The van der Waals surface area contributed by atoms with Crippen LogP contribution in [-0.2, 0) is 6.42 Å². The van der Waals surface area contributed by atoms with Gasteiger partial charge < -0.3 is 5.32 Å². The van der Waals surface area contributed by atoms with E-state index in [9.17, 15) is 0 Å². The van der Waals surface area contributed by atoms with Crippen LogP contribution in [0.1, 0.15) is 83.0 Å². The Morgan fingerprint density at radius 1 is 1.12 bits per heavy atom. The van der Waals surface area contributed by atoms with E-state index in [-0.39, 0.29) is 0 Å². The number of rotatable bonds is 14. The van der Waals surface area contributed by atoms with Gasteiger partial charge in [-0.3, -0.25) is 0 Å². The first-order valence-electron chi connectivity index (χ1n) is 12.4. The van der Waals surface area contributed by atoms with Gasteiger partial charge in [0.05, 0.1) is 10.7 Å². The third-order valence-electron chi connectivity index (χ3n) is 5.79. The molecule has 2 heterocycles. The van der Waals surface area contributed by atoms with Gasteiger partial charge in [-0.05, 0) is 74.4 Å². The van der Waals surface area contributed by atoms with Crippen molar-refractivity contribution in [2.24, 2.45) is 5.92 Å². The maximum atomic E-state index is 4.87. The van der Waals surface area contributed by atoms with E-state index in [1.54, 1.807) is 11.8 Å². The molecule has 178 valence electrons. The third-order valence-corrected chi connectivity index (χ3v) is 6.74. The zero-order valence-electron chi connectivity index (χ0n) is 21.2. The van der Waals surface area contributed by atoms with Crippen LogP contribution in [0.2, 0.25) is 0 Å². The molecule has 33 heavy (non-hydrogen) atoms. The summed E-state index contributed by atoms with van der Waals surface area (Å²) in [7, 11) is 0. The van der Waals surface area contributed by atoms with Crippen molar-refractivity contribution in [3.05, 3.63) is 77.1 Å². The molecule has 0 fully saturated rings. The molecule has 0 radical (unpaired) electrons. The standard InChI is InChI=1S/C29H41N3S/c1-7-12-24(13-8-2)15-11-16-25-19-20-30-28(21-25)31-23(6)33-29-22(5)17-18-27(32-29)26(10-4)14-9-3/h9-10,14,17-21,24H,6-8,11-13,15-16H2,1-5H3,(H,30,31)/b14-9-,26-10+. The van der Waals surface area contributed by atoms with Crippen molar-refractivity contribution in [2.75, 3.05) is 5.32 Å². The zero-order valence-corrected chi connectivity index (χ0v) is 22.0. The molecule has 1 N–H and O–H groups in total. The summed E-state index contributed by atoms with van der Waals surface area (Å²) in [5.41, 5.74) is 4.56. The second kappa shape index (κ2) is 14.7. The molecule has 0 atom stereocenters. The molecule has 0 aromatic carbocycles. The van der Waals surface area contributed by atoms with Gasteiger partial charge in [-0.1, -0.05) is 88.6 Å². The lowest BCUT2D eigenvalue weighted by molar-refractivity contribution is 0.400. The molecular weight excluding hydrogens is 422 g/mol. The van der Waals surface area contributed by atoms with Gasteiger partial charge in [0, 0.05) is 6.20 Å². The number of pyridine rings is 2. The Balaban J connectivity index is 1.98. The van der Waals surface area contributed by atoms with Crippen molar-refractivity contribution >= 4 is 23.2 Å². The summed E-state index contributed by atoms with van der Waals surface area (Å²) < 4.78 is 0. The first kappa shape index (κ1) is 26.9. The molecule has 2 aromatic heterocycles. The zero-order chi connectivity index (χ0) is 24.1. The molecular formula is C29H41N3S. The molecule has 0 aliphatic carbocycles. The number of hydrogen-bond acceptors (Lipinski definition) is 4. The highest BCUT2D eigenvalue weighted by molar-refractivity contribution is 8.03. The fourth-order valence-corrected chi connectivity index (χ4v) is 4.87. The second-order valence-corrected chi connectivity index (χ2v) is 9.68. The van der Waals surface area contributed by atoms with Crippen molar-refractivity contribution in [1.29, 1.82) is 0 Å². The van der Waals surface area contributed by atoms with E-state index >= 15 is 0 Å². The number of hydrogen-bond donors (Lipinski definition) is 1. The largest absolute Gasteiger partial charge is 0.335 e. The van der Waals surface area contributed by atoms with E-state index < -0.39 is 0 Å². The Morgan fingerprint density at radius 2 is 1.88 bits per heavy atom. The van der Waals surface area contributed by atoms with Crippen LogP contribution in [0.5, 0.6) is 0 Å². The van der Waals surface area contributed by atoms with Crippen molar-refractivity contribution in [3.8, 4) is 0 Å². The van der Waals surface area contributed by atoms with Crippen molar-refractivity contribution in [3.63, 3.8) is 0 Å². The van der Waals surface area contributed by atoms with Crippen LogP contribution < -0.4 is 5.32 Å². The van der Waals surface area contributed by atoms with Crippen LogP contribution >= 0.6 is 11.8 Å². The highest BCUT2D eigenvalue weighted by Crippen LogP contribution is 2.29. The third kappa shape index (κ3) is 9.21. The Hall–Kier alpha value is -2.33. The maximum Gasteiger partial charge on any atom is 0.130 e. The van der Waals surface area contributed by atoms with Crippen LogP contribution in [0.25, 0.3) is 5.57 Å². The van der Waals surface area contributed by atoms with E-state index in [4.69, 9.17) is 4.98 Å². The molecule has 0 aliphatic rings. The van der Waals surface area contributed by atoms with E-state index in [0.29, 0.717) is 0 Å². The molecule has 0 spiro atoms. The van der Waals surface area contributed by atoms with Gasteiger partial charge in [-0.15, -0.1) is 0 Å². The molecule has 0 aliphatic heterocycles. The number of anilines is 1. The lowest BCUT2D eigenvalue weighted by Gasteiger charge is -2.15. The molecule has 0 unspecified atom stereocenters. The van der Waals surface area contributed by atoms with E-state index in [1.807, 2.05) is 26.1 Å². The van der Waals surface area contributed by atoms with Crippen LogP contribution in [0.15, 0.2) is 65.3 Å². The van der Waals surface area contributed by atoms with Gasteiger partial charge in [0.2, 0.25) is 0 Å². The summed E-state index contributed by atoms with van der Waals surface area (Å²) in [5.74, 6) is 1.72. The highest BCUT2D eigenvalue weighted by atomic mass is 32.2. The van der Waals surface area contributed by atoms with Gasteiger partial charge >= 0.3 is 0 Å². The molecule has 0 saturated carbocycles. The van der Waals surface area contributed by atoms with Crippen LogP contribution in [-0.4, -0.2) is 9.97 Å². The number of nitrogens with zero attached hydrogens (tertiary/aromatic N) is 2. The van der Waals surface area contributed by atoms with Crippen molar-refractivity contribution in [1.82, 2.24) is 9.97 Å². The minimum atomic E-state index is 0.825. The van der Waals surface area contributed by atoms with Crippen LogP contribution in [0.3, 0.4) is 0 Å². The van der Waals surface area contributed by atoms with E-state index in [2.05, 4.69) is 74.1 Å². The van der Waals surface area contributed by atoms with Gasteiger partial charge in [0.15, 0.2) is 0 Å². The molecule has 0 bridgehead atoms. The fraction of sp³-hybridized carbons (Fsp3) is 0.448. The lowest BCUT2D eigenvalue weighted by Crippen LogP contribution is -2.02. The number of aromatic nitrogens is 2. The maximum absolute atomic E-state index is 4.87. The fourth-order valence-electron chi connectivity index (χ4n) is 4.11. The Morgan fingerprint density at radius 3 is 2.55 bits per heavy atom. The van der Waals surface area contributed by atoms with E-state index in [1.165, 1.54) is 44.1 Å². The number of nitrogens with one attached hydrogen (secondary N) is 1. The average Bonchev–Trinajstić information content (AvgIpc) is 2.79. The Bertz CT molecular complexity index is 940. The van der Waals surface area contributed by atoms with Gasteiger partial charge in [0.1, 0.15) is 10.8 Å². The van der Waals surface area contributed by atoms with Crippen molar-refractivity contribution < 1.29 is 0 Å². The van der Waals surface area contributed by atoms with Crippen molar-refractivity contribution in [2.45, 2.75) is 84.6 Å². The summed E-state index contributed by atoms with van der Waals surface area (Å²) in [4.78, 5) is 9.38. The lowest BCUT2D eigenvalue weighted by atomic mass is 9.92. The summed E-state index contributed by atoms with van der Waals surface area (Å²) in [6, 6.07) is 8.47. The summed E-state index contributed by atoms with van der Waals surface area (Å²) in [6.07, 6.45) is 17.0. The summed E-state index contributed by atoms with van der Waals surface area (Å²) in [6.45, 7) is 15.0. The first-order valence-corrected chi connectivity index (χ1v) is 13.2. The minimum Gasteiger partial charge on any atom is -0.335 e. The summed E-state index contributed by atoms with van der Waals surface area (Å²) in [5, 5.41) is 5.16. The van der Waals surface area contributed by atoms with Gasteiger partial charge in [-0.25, -0.2) is 9.97 Å². The SMILES string of the molecule is C=C(Nc1cc(CCCC(CCC)CCC)ccn1)Sc1nc(C(/C=C\C)=C/C)ccc1C. The molecule has 2 rings (SSSR count). The van der Waals surface area contributed by atoms with E-state index in [0.717, 1.165) is 45.0 Å². The smallest absolute Gasteiger partial charge is 0.130 e. The first-order chi connectivity index (χ1) is 16.0. The van der Waals surface area contributed by atoms with Gasteiger partial charge in [0.25, 0.3) is 0 Å². The predicted octanol–water partition coefficient (Wildman–Crippen LogP) is 8.98. The normalized spacial score (nSPS) is 12.0. The highest BCUT2D eigenvalue weighted by Gasteiger charge is 2.10. The predicted molar refractivity (Wildman–Crippen MR) is 147 cm³/mol. The number of allylic oxidation sites excluding steroid dienone is 4. The molecule has 4 heteroatoms. The quantitative estimate of drug-likeness (QED) is 0.224. The van der Waals surface area contributed by atoms with Crippen LogP contribution in [0.4, 0.5) is 5.82 Å². The topological polar surface area (TPSA) is 37.8 Å². The molecule has 3 nitrogen and oxygen atoms in total. The second-order valence-electron chi connectivity index (χ2n) is 8.60. The molecule has 2 aromatic rings. The van der Waals surface area contributed by atoms with Gasteiger partial charge in [-0.2, -0.15) is 0 Å². The Labute approximate surface area is 205 Å². The number of thioether (sulfide) groups is 1. The Kier molecular flexibility index (Phi) is 12.0. The summed E-state index contributed by atoms with van der Waals surface area (Å²) >= 11 is 1.56. The molecule has 0 amide bonds. The monoisotopic (exact) mass is 463 g/mol. The average molecular weight is 464 g/mol. The molecule has 0 saturated heterocycles. The van der Waals surface area contributed by atoms with Crippen LogP contribution in [0, 0.1) is 12.8 Å². The number of aryl methyl sites for hydroxylation is 2.